The summed E-state index contributed by atoms with van der Waals surface area (Å²) in [5, 5.41) is 7.49. The molecule has 1 amide bonds. The zero-order valence-corrected chi connectivity index (χ0v) is 22.9. The average molecular weight is 535 g/mol. The Morgan fingerprint density at radius 2 is 1.95 bits per heavy atom. The molecule has 10 nitrogen and oxygen atoms in total. The Balaban J connectivity index is 1.71. The van der Waals surface area contributed by atoms with Gasteiger partial charge in [0, 0.05) is 56.6 Å². The van der Waals surface area contributed by atoms with Crippen molar-refractivity contribution in [3.05, 3.63) is 60.5 Å². The van der Waals surface area contributed by atoms with E-state index >= 15 is 0 Å². The summed E-state index contributed by atoms with van der Waals surface area (Å²) in [4.78, 5) is 29.9. The van der Waals surface area contributed by atoms with Crippen LogP contribution in [-0.2, 0) is 11.8 Å². The smallest absolute Gasteiger partial charge is 0.247 e. The largest absolute Gasteiger partial charge is 0.494 e. The van der Waals surface area contributed by atoms with E-state index in [0.717, 1.165) is 35.4 Å². The number of nitrogens with zero attached hydrogens (tertiary/aromatic N) is 6. The van der Waals surface area contributed by atoms with Gasteiger partial charge in [0.25, 0.3) is 0 Å². The Kier molecular flexibility index (Phi) is 8.13. The van der Waals surface area contributed by atoms with E-state index in [0.29, 0.717) is 33.8 Å². The van der Waals surface area contributed by atoms with E-state index in [1.807, 2.05) is 57.2 Å². The van der Waals surface area contributed by atoms with Gasteiger partial charge in [-0.2, -0.15) is 0 Å². The van der Waals surface area contributed by atoms with Crippen molar-refractivity contribution in [3.8, 4) is 17.0 Å². The highest BCUT2D eigenvalue weighted by atomic mass is 35.5. The van der Waals surface area contributed by atoms with Crippen molar-refractivity contribution in [2.45, 2.75) is 0 Å². The van der Waals surface area contributed by atoms with Crippen LogP contribution in [0.3, 0.4) is 0 Å². The first-order valence-corrected chi connectivity index (χ1v) is 12.3. The van der Waals surface area contributed by atoms with Gasteiger partial charge in [0.1, 0.15) is 11.4 Å². The number of aromatic nitrogens is 4. The fourth-order valence-electron chi connectivity index (χ4n) is 3.94. The SMILES string of the molecule is C=CC(=O)Nc1cc(Nc2ncc(Cl)c(-c3cnc4c(ccn4C)c3)n2)c(OC)cc1N(C)CCN(C)C. The molecule has 3 heterocycles. The van der Waals surface area contributed by atoms with Gasteiger partial charge in [0.2, 0.25) is 11.9 Å². The highest BCUT2D eigenvalue weighted by Gasteiger charge is 2.17. The summed E-state index contributed by atoms with van der Waals surface area (Å²) in [5.74, 6) is 0.545. The minimum atomic E-state index is -0.322. The molecule has 2 N–H and O–H groups in total. The molecule has 38 heavy (non-hydrogen) atoms. The normalized spacial score (nSPS) is 11.0. The monoisotopic (exact) mass is 534 g/mol. The molecule has 0 atom stereocenters. The Bertz CT molecular complexity index is 1480. The summed E-state index contributed by atoms with van der Waals surface area (Å²) >= 11 is 6.48. The van der Waals surface area contributed by atoms with Crippen LogP contribution in [0.1, 0.15) is 0 Å². The maximum atomic E-state index is 12.2. The third-order valence-electron chi connectivity index (χ3n) is 6.03. The van der Waals surface area contributed by atoms with Crippen molar-refractivity contribution in [2.24, 2.45) is 7.05 Å². The van der Waals surface area contributed by atoms with E-state index < -0.39 is 0 Å². The zero-order valence-electron chi connectivity index (χ0n) is 22.1. The van der Waals surface area contributed by atoms with Gasteiger partial charge in [-0.3, -0.25) is 4.79 Å². The predicted octanol–water partition coefficient (Wildman–Crippen LogP) is 4.56. The third-order valence-corrected chi connectivity index (χ3v) is 6.30. The lowest BCUT2D eigenvalue weighted by Crippen LogP contribution is -2.29. The quantitative estimate of drug-likeness (QED) is 0.286. The second-order valence-corrected chi connectivity index (χ2v) is 9.47. The standard InChI is InChI=1S/C27H31ClN8O2/c1-7-24(37)31-20-13-21(23(38-6)14-22(20)35(4)11-10-34(2)3)32-27-30-16-19(28)25(33-27)18-12-17-8-9-36(5)26(17)29-15-18/h7-9,12-16H,1,10-11H2,2-6H3,(H,31,37)(H,30,32,33). The number of carbonyl (C=O) groups is 1. The molecule has 0 radical (unpaired) electrons. The highest BCUT2D eigenvalue weighted by molar-refractivity contribution is 6.33. The van der Waals surface area contributed by atoms with Gasteiger partial charge in [-0.05, 0) is 38.4 Å². The van der Waals surface area contributed by atoms with Gasteiger partial charge in [-0.15, -0.1) is 0 Å². The first-order chi connectivity index (χ1) is 18.2. The Morgan fingerprint density at radius 3 is 2.66 bits per heavy atom. The third kappa shape index (κ3) is 5.87. The lowest BCUT2D eigenvalue weighted by atomic mass is 10.1. The first kappa shape index (κ1) is 26.9. The first-order valence-electron chi connectivity index (χ1n) is 11.9. The number of methoxy groups -OCH3 is 1. The molecule has 0 aliphatic heterocycles. The van der Waals surface area contributed by atoms with E-state index in [1.54, 1.807) is 19.4 Å². The maximum absolute atomic E-state index is 12.2. The molecule has 0 saturated carbocycles. The second-order valence-electron chi connectivity index (χ2n) is 9.07. The molecule has 0 aliphatic rings. The molecule has 4 rings (SSSR count). The molecule has 1 aromatic carbocycles. The molecule has 0 spiro atoms. The number of hydrogen-bond acceptors (Lipinski definition) is 8. The van der Waals surface area contributed by atoms with Gasteiger partial charge < -0.3 is 29.7 Å². The molecule has 0 bridgehead atoms. The number of halogens is 1. The van der Waals surface area contributed by atoms with E-state index in [1.165, 1.54) is 12.3 Å². The molecule has 0 fully saturated rings. The fraction of sp³-hybridized carbons (Fsp3) is 0.259. The number of amides is 1. The van der Waals surface area contributed by atoms with E-state index in [-0.39, 0.29) is 5.91 Å². The highest BCUT2D eigenvalue weighted by Crippen LogP contribution is 2.38. The average Bonchev–Trinajstić information content (AvgIpc) is 3.28. The minimum absolute atomic E-state index is 0.311. The number of carbonyl (C=O) groups excluding carboxylic acids is 1. The van der Waals surface area contributed by atoms with Crippen LogP contribution in [-0.4, -0.2) is 71.7 Å². The van der Waals surface area contributed by atoms with Gasteiger partial charge in [0.15, 0.2) is 0 Å². The van der Waals surface area contributed by atoms with Crippen LogP contribution < -0.4 is 20.3 Å². The Morgan fingerprint density at radius 1 is 1.16 bits per heavy atom. The van der Waals surface area contributed by atoms with Gasteiger partial charge >= 0.3 is 0 Å². The number of anilines is 4. The number of ether oxygens (including phenoxy) is 1. The van der Waals surface area contributed by atoms with Crippen molar-refractivity contribution in [2.75, 3.05) is 56.9 Å². The van der Waals surface area contributed by atoms with Crippen molar-refractivity contribution < 1.29 is 9.53 Å². The lowest BCUT2D eigenvalue weighted by molar-refractivity contribution is -0.111. The number of fused-ring (bicyclic) bond motifs is 1. The van der Waals surface area contributed by atoms with Gasteiger partial charge in [-0.1, -0.05) is 18.2 Å². The van der Waals surface area contributed by atoms with E-state index in [4.69, 9.17) is 16.3 Å². The summed E-state index contributed by atoms with van der Waals surface area (Å²) in [7, 11) is 9.51. The molecule has 198 valence electrons. The van der Waals surface area contributed by atoms with E-state index in [9.17, 15) is 4.79 Å². The molecular weight excluding hydrogens is 504 g/mol. The summed E-state index contributed by atoms with van der Waals surface area (Å²) in [5.41, 5.74) is 4.13. The van der Waals surface area contributed by atoms with Crippen LogP contribution in [0.4, 0.5) is 23.0 Å². The van der Waals surface area contributed by atoms with Crippen molar-refractivity contribution in [3.63, 3.8) is 0 Å². The number of likely N-dealkylation sites (N-methyl/N-ethyl adjacent to an activating group) is 2. The lowest BCUT2D eigenvalue weighted by Gasteiger charge is -2.26. The number of hydrogen-bond donors (Lipinski definition) is 2. The molecule has 3 aromatic heterocycles. The van der Waals surface area contributed by atoms with Gasteiger partial charge in [0.05, 0.1) is 41.1 Å². The number of benzene rings is 1. The second kappa shape index (κ2) is 11.5. The van der Waals surface area contributed by atoms with Crippen molar-refractivity contribution in [1.29, 1.82) is 0 Å². The molecule has 0 aliphatic carbocycles. The number of pyridine rings is 1. The molecular formula is C27H31ClN8O2. The molecule has 0 unspecified atom stereocenters. The van der Waals surface area contributed by atoms with Crippen LogP contribution >= 0.6 is 11.6 Å². The maximum Gasteiger partial charge on any atom is 0.247 e. The zero-order chi connectivity index (χ0) is 27.4. The fourth-order valence-corrected chi connectivity index (χ4v) is 4.14. The summed E-state index contributed by atoms with van der Waals surface area (Å²) in [6, 6.07) is 7.63. The molecule has 4 aromatic rings. The summed E-state index contributed by atoms with van der Waals surface area (Å²) in [6.07, 6.45) is 6.46. The van der Waals surface area contributed by atoms with Crippen LogP contribution in [0, 0.1) is 0 Å². The Labute approximate surface area is 226 Å². The predicted molar refractivity (Wildman–Crippen MR) is 154 cm³/mol. The van der Waals surface area contributed by atoms with Crippen molar-refractivity contribution in [1.82, 2.24) is 24.4 Å². The molecule has 0 saturated heterocycles. The van der Waals surface area contributed by atoms with Crippen LogP contribution in [0.5, 0.6) is 5.75 Å². The van der Waals surface area contributed by atoms with Crippen molar-refractivity contribution >= 4 is 51.6 Å². The van der Waals surface area contributed by atoms with Crippen LogP contribution in [0.2, 0.25) is 5.02 Å². The topological polar surface area (TPSA) is 100 Å². The van der Waals surface area contributed by atoms with Crippen LogP contribution in [0.25, 0.3) is 22.3 Å². The van der Waals surface area contributed by atoms with Crippen LogP contribution in [0.15, 0.2) is 55.5 Å². The van der Waals surface area contributed by atoms with Gasteiger partial charge in [-0.25, -0.2) is 15.0 Å². The molecule has 11 heteroatoms. The van der Waals surface area contributed by atoms with E-state index in [2.05, 4.69) is 42.0 Å². The Hall–Kier alpha value is -4.15. The summed E-state index contributed by atoms with van der Waals surface area (Å²) in [6.45, 7) is 5.14. The number of aryl methyl sites for hydroxylation is 1. The summed E-state index contributed by atoms with van der Waals surface area (Å²) < 4.78 is 7.63. The number of rotatable bonds is 10. The minimum Gasteiger partial charge on any atom is -0.494 e. The number of nitrogens with one attached hydrogen (secondary N) is 2.